The van der Waals surface area contributed by atoms with Gasteiger partial charge in [-0.3, -0.25) is 9.36 Å². The molecule has 1 atom stereocenters. The number of carbonyl (C=O) groups excluding carboxylic acids is 1. The van der Waals surface area contributed by atoms with E-state index in [2.05, 4.69) is 48.9 Å². The molecule has 1 aliphatic rings. The van der Waals surface area contributed by atoms with Crippen LogP contribution in [0, 0.1) is 0 Å². The highest BCUT2D eigenvalue weighted by Crippen LogP contribution is 2.32. The second-order valence-corrected chi connectivity index (χ2v) is 12.4. The van der Waals surface area contributed by atoms with Gasteiger partial charge in [-0.05, 0) is 54.7 Å². The maximum atomic E-state index is 14.2. The smallest absolute Gasteiger partial charge is 0.338 e. The SMILES string of the molecule is CCOC(=O)C1=C(C)N=c2sc(=Cc3cn(Cc4ccccc4Cl)c4ccccc34)c(=O)n2C1c1ccc(C(C)C)cc1. The first-order valence-electron chi connectivity index (χ1n) is 14.4. The minimum Gasteiger partial charge on any atom is -0.463 e. The van der Waals surface area contributed by atoms with Crippen LogP contribution in [0.4, 0.5) is 0 Å². The van der Waals surface area contributed by atoms with Gasteiger partial charge in [-0.25, -0.2) is 9.79 Å². The van der Waals surface area contributed by atoms with Gasteiger partial charge in [0.1, 0.15) is 0 Å². The van der Waals surface area contributed by atoms with Crippen LogP contribution < -0.4 is 14.9 Å². The monoisotopic (exact) mass is 609 g/mol. The van der Waals surface area contributed by atoms with E-state index >= 15 is 0 Å². The third-order valence-electron chi connectivity index (χ3n) is 7.84. The number of halogens is 1. The highest BCUT2D eigenvalue weighted by molar-refractivity contribution is 7.07. The average Bonchev–Trinajstić information content (AvgIpc) is 3.50. The van der Waals surface area contributed by atoms with Crippen molar-refractivity contribution in [3.8, 4) is 0 Å². The number of hydrogen-bond donors (Lipinski definition) is 0. The molecule has 2 aromatic heterocycles. The molecule has 0 N–H and O–H groups in total. The second-order valence-electron chi connectivity index (χ2n) is 10.9. The van der Waals surface area contributed by atoms with Crippen LogP contribution in [0.3, 0.4) is 0 Å². The molecule has 3 aromatic carbocycles. The minimum absolute atomic E-state index is 0.195. The maximum Gasteiger partial charge on any atom is 0.338 e. The lowest BCUT2D eigenvalue weighted by molar-refractivity contribution is -0.139. The lowest BCUT2D eigenvalue weighted by Crippen LogP contribution is -2.39. The van der Waals surface area contributed by atoms with E-state index in [1.165, 1.54) is 16.9 Å². The van der Waals surface area contributed by atoms with Crippen molar-refractivity contribution in [2.75, 3.05) is 6.61 Å². The van der Waals surface area contributed by atoms with Crippen LogP contribution in [-0.4, -0.2) is 21.7 Å². The van der Waals surface area contributed by atoms with Crippen LogP contribution in [0.15, 0.2) is 100 Å². The van der Waals surface area contributed by atoms with Crippen LogP contribution in [0.2, 0.25) is 5.02 Å². The van der Waals surface area contributed by atoms with E-state index in [9.17, 15) is 9.59 Å². The quantitative estimate of drug-likeness (QED) is 0.196. The van der Waals surface area contributed by atoms with Crippen molar-refractivity contribution in [3.63, 3.8) is 0 Å². The summed E-state index contributed by atoms with van der Waals surface area (Å²) >= 11 is 7.81. The first-order chi connectivity index (χ1) is 20.8. The molecule has 43 heavy (non-hydrogen) atoms. The molecular formula is C35H32ClN3O3S. The normalized spacial score (nSPS) is 15.2. The summed E-state index contributed by atoms with van der Waals surface area (Å²) in [4.78, 5) is 32.7. The molecule has 0 spiro atoms. The average molecular weight is 610 g/mol. The molecule has 1 aliphatic heterocycles. The summed E-state index contributed by atoms with van der Waals surface area (Å²) in [7, 11) is 0. The molecule has 0 amide bonds. The number of para-hydroxylation sites is 1. The van der Waals surface area contributed by atoms with Gasteiger partial charge in [0.25, 0.3) is 5.56 Å². The first kappa shape index (κ1) is 28.9. The highest BCUT2D eigenvalue weighted by atomic mass is 35.5. The molecule has 6 rings (SSSR count). The molecular weight excluding hydrogens is 578 g/mol. The number of nitrogens with zero attached hydrogens (tertiary/aromatic N) is 3. The molecule has 0 saturated carbocycles. The largest absolute Gasteiger partial charge is 0.463 e. The molecule has 5 aromatic rings. The Bertz CT molecular complexity index is 2070. The number of esters is 1. The fourth-order valence-corrected chi connectivity index (χ4v) is 6.88. The molecule has 0 aliphatic carbocycles. The lowest BCUT2D eigenvalue weighted by Gasteiger charge is -2.25. The summed E-state index contributed by atoms with van der Waals surface area (Å²) in [6.07, 6.45) is 3.99. The molecule has 1 unspecified atom stereocenters. The number of fused-ring (bicyclic) bond motifs is 2. The number of allylic oxidation sites excluding steroid dienone is 1. The summed E-state index contributed by atoms with van der Waals surface area (Å²) in [6.45, 7) is 8.69. The van der Waals surface area contributed by atoms with Crippen molar-refractivity contribution in [2.24, 2.45) is 4.99 Å². The van der Waals surface area contributed by atoms with E-state index in [-0.39, 0.29) is 12.2 Å². The second kappa shape index (κ2) is 11.8. The summed E-state index contributed by atoms with van der Waals surface area (Å²) in [5.41, 5.74) is 5.75. The fraction of sp³-hybridized carbons (Fsp3) is 0.229. The molecule has 8 heteroatoms. The highest BCUT2D eigenvalue weighted by Gasteiger charge is 2.33. The van der Waals surface area contributed by atoms with Gasteiger partial charge in [0.15, 0.2) is 4.80 Å². The summed E-state index contributed by atoms with van der Waals surface area (Å²) in [6, 6.07) is 23.4. The molecule has 0 saturated heterocycles. The third-order valence-corrected chi connectivity index (χ3v) is 9.19. The standard InChI is InChI=1S/C35H32ClN3O3S/c1-5-42-34(41)31-22(4)37-35-39(32(31)24-16-14-23(15-17-24)21(2)3)33(40)30(43-35)18-26-20-38(29-13-9-7-11-27(26)29)19-25-10-6-8-12-28(25)36/h6-18,20-21,32H,5,19H2,1-4H3. The molecule has 0 bridgehead atoms. The van der Waals surface area contributed by atoms with Crippen LogP contribution in [-0.2, 0) is 16.1 Å². The number of carbonyl (C=O) groups is 1. The zero-order chi connectivity index (χ0) is 30.2. The number of rotatable bonds is 7. The van der Waals surface area contributed by atoms with Crippen molar-refractivity contribution in [3.05, 3.63) is 137 Å². The molecule has 6 nitrogen and oxygen atoms in total. The predicted octanol–water partition coefficient (Wildman–Crippen LogP) is 6.58. The Morgan fingerprint density at radius 3 is 2.51 bits per heavy atom. The fourth-order valence-electron chi connectivity index (χ4n) is 5.64. The molecule has 0 radical (unpaired) electrons. The molecule has 0 fully saturated rings. The van der Waals surface area contributed by atoms with Crippen LogP contribution in [0.1, 0.15) is 61.9 Å². The van der Waals surface area contributed by atoms with Gasteiger partial charge in [-0.1, -0.05) is 97.4 Å². The van der Waals surface area contributed by atoms with Crippen molar-refractivity contribution in [2.45, 2.75) is 46.2 Å². The van der Waals surface area contributed by atoms with Gasteiger partial charge in [-0.15, -0.1) is 0 Å². The third kappa shape index (κ3) is 5.39. The Balaban J connectivity index is 1.51. The Morgan fingerprint density at radius 1 is 1.07 bits per heavy atom. The summed E-state index contributed by atoms with van der Waals surface area (Å²) in [5.74, 6) is -0.100. The number of hydrogen-bond acceptors (Lipinski definition) is 5. The number of benzene rings is 3. The van der Waals surface area contributed by atoms with E-state index in [1.54, 1.807) is 18.4 Å². The Kier molecular flexibility index (Phi) is 7.95. The van der Waals surface area contributed by atoms with E-state index in [1.807, 2.05) is 54.6 Å². The van der Waals surface area contributed by atoms with Crippen LogP contribution >= 0.6 is 22.9 Å². The van der Waals surface area contributed by atoms with E-state index in [0.29, 0.717) is 38.1 Å². The zero-order valence-corrected chi connectivity index (χ0v) is 26.1. The summed E-state index contributed by atoms with van der Waals surface area (Å²) in [5, 5.41) is 1.74. The Hall–Kier alpha value is -4.20. The lowest BCUT2D eigenvalue weighted by atomic mass is 9.93. The number of aromatic nitrogens is 2. The summed E-state index contributed by atoms with van der Waals surface area (Å²) < 4.78 is 9.78. The van der Waals surface area contributed by atoms with Gasteiger partial charge in [0.05, 0.1) is 28.5 Å². The van der Waals surface area contributed by atoms with Gasteiger partial charge in [-0.2, -0.15) is 0 Å². The van der Waals surface area contributed by atoms with E-state index in [4.69, 9.17) is 21.3 Å². The van der Waals surface area contributed by atoms with E-state index in [0.717, 1.165) is 27.6 Å². The number of thiazole rings is 1. The van der Waals surface area contributed by atoms with Crippen molar-refractivity contribution < 1.29 is 9.53 Å². The predicted molar refractivity (Wildman–Crippen MR) is 173 cm³/mol. The Morgan fingerprint density at radius 2 is 1.79 bits per heavy atom. The Labute approximate surface area is 258 Å². The topological polar surface area (TPSA) is 65.6 Å². The van der Waals surface area contributed by atoms with Crippen molar-refractivity contribution in [1.29, 1.82) is 0 Å². The molecule has 218 valence electrons. The van der Waals surface area contributed by atoms with Crippen molar-refractivity contribution >= 4 is 45.9 Å². The van der Waals surface area contributed by atoms with Crippen molar-refractivity contribution in [1.82, 2.24) is 9.13 Å². The van der Waals surface area contributed by atoms with Crippen LogP contribution in [0.5, 0.6) is 0 Å². The van der Waals surface area contributed by atoms with Crippen LogP contribution in [0.25, 0.3) is 17.0 Å². The van der Waals surface area contributed by atoms with Gasteiger partial charge in [0, 0.05) is 34.2 Å². The zero-order valence-electron chi connectivity index (χ0n) is 24.5. The van der Waals surface area contributed by atoms with Gasteiger partial charge >= 0.3 is 5.97 Å². The van der Waals surface area contributed by atoms with Gasteiger partial charge < -0.3 is 9.30 Å². The first-order valence-corrected chi connectivity index (χ1v) is 15.6. The molecule has 3 heterocycles. The number of ether oxygens (including phenoxy) is 1. The minimum atomic E-state index is -0.639. The van der Waals surface area contributed by atoms with E-state index < -0.39 is 12.0 Å². The maximum absolute atomic E-state index is 14.2. The van der Waals surface area contributed by atoms with Gasteiger partial charge in [0.2, 0.25) is 0 Å².